The first-order chi connectivity index (χ1) is 7.72. The summed E-state index contributed by atoms with van der Waals surface area (Å²) in [6.45, 7) is 4.12. The Morgan fingerprint density at radius 3 is 2.81 bits per heavy atom. The van der Waals surface area contributed by atoms with Crippen molar-refractivity contribution >= 4 is 17.6 Å². The zero-order valence-corrected chi connectivity index (χ0v) is 10.8. The molecular formula is C12H19N3S. The average molecular weight is 237 g/mol. The van der Waals surface area contributed by atoms with Gasteiger partial charge in [-0.2, -0.15) is 11.8 Å². The van der Waals surface area contributed by atoms with Gasteiger partial charge in [-0.15, -0.1) is 0 Å². The molecule has 4 heteroatoms. The molecule has 0 aliphatic carbocycles. The van der Waals surface area contributed by atoms with Crippen LogP contribution in [0.25, 0.3) is 0 Å². The molecule has 1 saturated heterocycles. The Bertz CT molecular complexity index is 373. The highest BCUT2D eigenvalue weighted by Crippen LogP contribution is 2.37. The molecule has 0 spiro atoms. The van der Waals surface area contributed by atoms with Crippen molar-refractivity contribution in [3.63, 3.8) is 0 Å². The number of aromatic nitrogens is 2. The summed E-state index contributed by atoms with van der Waals surface area (Å²) >= 11 is 1.97. The van der Waals surface area contributed by atoms with Crippen molar-refractivity contribution in [1.29, 1.82) is 0 Å². The van der Waals surface area contributed by atoms with Crippen LogP contribution in [0.15, 0.2) is 0 Å². The molecule has 16 heavy (non-hydrogen) atoms. The van der Waals surface area contributed by atoms with Crippen LogP contribution in [0.4, 0.5) is 5.82 Å². The van der Waals surface area contributed by atoms with E-state index in [1.807, 2.05) is 18.7 Å². The number of nitrogens with zero attached hydrogens (tertiary/aromatic N) is 2. The van der Waals surface area contributed by atoms with E-state index in [0.29, 0.717) is 11.1 Å². The fraction of sp³-hybridized carbons (Fsp3) is 0.667. The van der Waals surface area contributed by atoms with Gasteiger partial charge in [-0.3, -0.25) is 0 Å². The topological polar surface area (TPSA) is 51.8 Å². The van der Waals surface area contributed by atoms with Crippen molar-refractivity contribution in [2.45, 2.75) is 44.8 Å². The number of rotatable bonds is 2. The molecule has 1 aliphatic heterocycles. The molecular weight excluding hydrogens is 218 g/mol. The normalized spacial score (nSPS) is 21.0. The molecule has 0 aromatic carbocycles. The van der Waals surface area contributed by atoms with Gasteiger partial charge in [0.15, 0.2) is 0 Å². The summed E-state index contributed by atoms with van der Waals surface area (Å²) in [6.07, 6.45) is 4.73. The Morgan fingerprint density at radius 2 is 2.19 bits per heavy atom. The number of hydrogen-bond acceptors (Lipinski definition) is 4. The zero-order valence-electron chi connectivity index (χ0n) is 9.99. The average Bonchev–Trinajstić information content (AvgIpc) is 2.33. The highest BCUT2D eigenvalue weighted by Gasteiger charge is 2.20. The molecule has 2 rings (SSSR count). The van der Waals surface area contributed by atoms with E-state index >= 15 is 0 Å². The van der Waals surface area contributed by atoms with Gasteiger partial charge in [0.1, 0.15) is 11.6 Å². The number of thioether (sulfide) groups is 1. The molecule has 1 fully saturated rings. The molecule has 1 aromatic heterocycles. The van der Waals surface area contributed by atoms with E-state index in [0.717, 1.165) is 23.5 Å². The van der Waals surface area contributed by atoms with Gasteiger partial charge in [-0.1, -0.05) is 13.3 Å². The van der Waals surface area contributed by atoms with Crippen molar-refractivity contribution in [3.8, 4) is 0 Å². The SMILES string of the molecule is CCc1nc(C2CCCCS2)nc(N)c1C. The van der Waals surface area contributed by atoms with Crippen LogP contribution in [0.2, 0.25) is 0 Å². The molecule has 0 radical (unpaired) electrons. The maximum atomic E-state index is 5.94. The third-order valence-electron chi connectivity index (χ3n) is 3.10. The highest BCUT2D eigenvalue weighted by molar-refractivity contribution is 7.99. The van der Waals surface area contributed by atoms with Crippen LogP contribution in [0.5, 0.6) is 0 Å². The Labute approximate surface area is 101 Å². The summed E-state index contributed by atoms with van der Waals surface area (Å²) in [5.74, 6) is 2.83. The van der Waals surface area contributed by atoms with E-state index in [9.17, 15) is 0 Å². The third kappa shape index (κ3) is 2.32. The van der Waals surface area contributed by atoms with Crippen molar-refractivity contribution in [2.24, 2.45) is 0 Å². The van der Waals surface area contributed by atoms with Crippen molar-refractivity contribution in [3.05, 3.63) is 17.1 Å². The monoisotopic (exact) mass is 237 g/mol. The fourth-order valence-corrected chi connectivity index (χ4v) is 3.28. The third-order valence-corrected chi connectivity index (χ3v) is 4.48. The second kappa shape index (κ2) is 5.04. The molecule has 0 bridgehead atoms. The lowest BCUT2D eigenvalue weighted by Crippen LogP contribution is -2.11. The van der Waals surface area contributed by atoms with Crippen LogP contribution >= 0.6 is 11.8 Å². The fourth-order valence-electron chi connectivity index (χ4n) is 2.03. The quantitative estimate of drug-likeness (QED) is 0.859. The number of hydrogen-bond donors (Lipinski definition) is 1. The summed E-state index contributed by atoms with van der Waals surface area (Å²) < 4.78 is 0. The minimum absolute atomic E-state index is 0.460. The molecule has 1 atom stereocenters. The first-order valence-corrected chi connectivity index (χ1v) is 7.01. The van der Waals surface area contributed by atoms with E-state index < -0.39 is 0 Å². The van der Waals surface area contributed by atoms with Crippen LogP contribution in [0.3, 0.4) is 0 Å². The van der Waals surface area contributed by atoms with Crippen LogP contribution in [-0.2, 0) is 6.42 Å². The Morgan fingerprint density at radius 1 is 1.38 bits per heavy atom. The molecule has 3 nitrogen and oxygen atoms in total. The lowest BCUT2D eigenvalue weighted by Gasteiger charge is -2.21. The molecule has 1 aliphatic rings. The predicted octanol–water partition coefficient (Wildman–Crippen LogP) is 2.89. The van der Waals surface area contributed by atoms with Crippen molar-refractivity contribution in [2.75, 3.05) is 11.5 Å². The van der Waals surface area contributed by atoms with Crippen molar-refractivity contribution < 1.29 is 0 Å². The number of anilines is 1. The lowest BCUT2D eigenvalue weighted by molar-refractivity contribution is 0.658. The second-order valence-corrected chi connectivity index (χ2v) is 5.56. The number of nitrogen functional groups attached to an aromatic ring is 1. The molecule has 2 N–H and O–H groups in total. The van der Waals surface area contributed by atoms with Gasteiger partial charge in [0.2, 0.25) is 0 Å². The van der Waals surface area contributed by atoms with Gasteiger partial charge < -0.3 is 5.73 Å². The summed E-state index contributed by atoms with van der Waals surface area (Å²) in [4.78, 5) is 9.11. The molecule has 88 valence electrons. The van der Waals surface area contributed by atoms with Crippen LogP contribution in [0.1, 0.15) is 48.5 Å². The van der Waals surface area contributed by atoms with E-state index in [2.05, 4.69) is 16.9 Å². The van der Waals surface area contributed by atoms with E-state index in [1.54, 1.807) is 0 Å². The first kappa shape index (κ1) is 11.7. The maximum Gasteiger partial charge on any atom is 0.143 e. The zero-order chi connectivity index (χ0) is 11.5. The van der Waals surface area contributed by atoms with Crippen LogP contribution < -0.4 is 5.73 Å². The molecule has 0 amide bonds. The van der Waals surface area contributed by atoms with Gasteiger partial charge in [0.05, 0.1) is 5.25 Å². The highest BCUT2D eigenvalue weighted by atomic mass is 32.2. The van der Waals surface area contributed by atoms with Gasteiger partial charge in [0, 0.05) is 11.3 Å². The largest absolute Gasteiger partial charge is 0.383 e. The Kier molecular flexibility index (Phi) is 3.69. The van der Waals surface area contributed by atoms with Crippen molar-refractivity contribution in [1.82, 2.24) is 9.97 Å². The van der Waals surface area contributed by atoms with Crippen LogP contribution in [-0.4, -0.2) is 15.7 Å². The van der Waals surface area contributed by atoms with Gasteiger partial charge >= 0.3 is 0 Å². The van der Waals surface area contributed by atoms with Gasteiger partial charge in [-0.05, 0) is 31.9 Å². The predicted molar refractivity (Wildman–Crippen MR) is 69.6 cm³/mol. The minimum atomic E-state index is 0.460. The van der Waals surface area contributed by atoms with E-state index in [-0.39, 0.29) is 0 Å². The molecule has 2 heterocycles. The van der Waals surface area contributed by atoms with E-state index in [4.69, 9.17) is 5.73 Å². The summed E-state index contributed by atoms with van der Waals surface area (Å²) in [6, 6.07) is 0. The lowest BCUT2D eigenvalue weighted by atomic mass is 10.1. The standard InChI is InChI=1S/C12H19N3S/c1-3-9-8(2)11(13)15-12(14-9)10-6-4-5-7-16-10/h10H,3-7H2,1-2H3,(H2,13,14,15). The molecule has 0 saturated carbocycles. The van der Waals surface area contributed by atoms with Gasteiger partial charge in [-0.25, -0.2) is 9.97 Å². The Balaban J connectivity index is 2.29. The Hall–Kier alpha value is -0.770. The smallest absolute Gasteiger partial charge is 0.143 e. The van der Waals surface area contributed by atoms with Gasteiger partial charge in [0.25, 0.3) is 0 Å². The first-order valence-electron chi connectivity index (χ1n) is 5.97. The summed E-state index contributed by atoms with van der Waals surface area (Å²) in [5, 5.41) is 0.460. The molecule has 1 aromatic rings. The van der Waals surface area contributed by atoms with E-state index in [1.165, 1.54) is 25.0 Å². The molecule has 1 unspecified atom stereocenters. The second-order valence-electron chi connectivity index (χ2n) is 4.25. The summed E-state index contributed by atoms with van der Waals surface area (Å²) in [5.41, 5.74) is 8.10. The maximum absolute atomic E-state index is 5.94. The number of nitrogens with two attached hydrogens (primary N) is 1. The van der Waals surface area contributed by atoms with Crippen LogP contribution in [0, 0.1) is 6.92 Å². The minimum Gasteiger partial charge on any atom is -0.383 e. The number of aryl methyl sites for hydroxylation is 1. The summed E-state index contributed by atoms with van der Waals surface area (Å²) in [7, 11) is 0.